The Balaban J connectivity index is 2.16. The molecule has 2 N–H and O–H groups in total. The first kappa shape index (κ1) is 16.9. The van der Waals surface area contributed by atoms with Crippen molar-refractivity contribution in [3.8, 4) is 0 Å². The number of hydrogen-bond acceptors (Lipinski definition) is 4. The third-order valence-corrected chi connectivity index (χ3v) is 3.63. The fourth-order valence-electron chi connectivity index (χ4n) is 2.48. The van der Waals surface area contributed by atoms with E-state index in [2.05, 4.69) is 5.32 Å². The number of aliphatic hydroxyl groups is 1. The zero-order valence-electron chi connectivity index (χ0n) is 12.4. The van der Waals surface area contributed by atoms with Crippen LogP contribution in [0.25, 0.3) is 0 Å². The van der Waals surface area contributed by atoms with Gasteiger partial charge in [-0.05, 0) is 12.8 Å². The SMILES string of the molecule is COCC(O)CN(C)C(=O)CCNC(=O)C1CCCC1. The molecule has 0 heterocycles. The van der Waals surface area contributed by atoms with Crippen LogP contribution in [-0.2, 0) is 14.3 Å². The molecule has 1 aliphatic carbocycles. The van der Waals surface area contributed by atoms with Gasteiger partial charge >= 0.3 is 0 Å². The van der Waals surface area contributed by atoms with E-state index in [9.17, 15) is 14.7 Å². The predicted molar refractivity (Wildman–Crippen MR) is 75.1 cm³/mol. The second kappa shape index (κ2) is 8.92. The van der Waals surface area contributed by atoms with Crippen LogP contribution in [0.5, 0.6) is 0 Å². The molecule has 1 fully saturated rings. The number of amides is 2. The van der Waals surface area contributed by atoms with Crippen molar-refractivity contribution in [3.63, 3.8) is 0 Å². The third kappa shape index (κ3) is 5.88. The number of ether oxygens (including phenoxy) is 1. The van der Waals surface area contributed by atoms with Gasteiger partial charge in [-0.3, -0.25) is 9.59 Å². The van der Waals surface area contributed by atoms with E-state index in [1.54, 1.807) is 7.05 Å². The van der Waals surface area contributed by atoms with Crippen LogP contribution in [0.2, 0.25) is 0 Å². The first-order chi connectivity index (χ1) is 9.54. The summed E-state index contributed by atoms with van der Waals surface area (Å²) in [6.45, 7) is 0.804. The van der Waals surface area contributed by atoms with Crippen molar-refractivity contribution < 1.29 is 19.4 Å². The summed E-state index contributed by atoms with van der Waals surface area (Å²) in [6, 6.07) is 0. The highest BCUT2D eigenvalue weighted by Gasteiger charge is 2.22. The minimum absolute atomic E-state index is 0.0670. The smallest absolute Gasteiger partial charge is 0.224 e. The van der Waals surface area contributed by atoms with Crippen LogP contribution in [0.3, 0.4) is 0 Å². The summed E-state index contributed by atoms with van der Waals surface area (Å²) >= 11 is 0. The van der Waals surface area contributed by atoms with Gasteiger partial charge in [-0.1, -0.05) is 12.8 Å². The first-order valence-corrected chi connectivity index (χ1v) is 7.23. The summed E-state index contributed by atoms with van der Waals surface area (Å²) in [5.41, 5.74) is 0. The molecule has 0 radical (unpaired) electrons. The molecule has 1 unspecified atom stereocenters. The van der Waals surface area contributed by atoms with Crippen LogP contribution in [0.4, 0.5) is 0 Å². The van der Waals surface area contributed by atoms with Crippen LogP contribution >= 0.6 is 0 Å². The van der Waals surface area contributed by atoms with E-state index in [4.69, 9.17) is 4.74 Å². The highest BCUT2D eigenvalue weighted by atomic mass is 16.5. The number of methoxy groups -OCH3 is 1. The van der Waals surface area contributed by atoms with Gasteiger partial charge in [0.1, 0.15) is 0 Å². The monoisotopic (exact) mass is 286 g/mol. The van der Waals surface area contributed by atoms with Gasteiger partial charge in [0.05, 0.1) is 12.7 Å². The Labute approximate surface area is 120 Å². The Hall–Kier alpha value is -1.14. The average Bonchev–Trinajstić information content (AvgIpc) is 2.92. The van der Waals surface area contributed by atoms with E-state index < -0.39 is 6.10 Å². The molecule has 6 heteroatoms. The van der Waals surface area contributed by atoms with Gasteiger partial charge in [0, 0.05) is 39.6 Å². The van der Waals surface area contributed by atoms with Gasteiger partial charge in [-0.25, -0.2) is 0 Å². The fraction of sp³-hybridized carbons (Fsp3) is 0.857. The van der Waals surface area contributed by atoms with Gasteiger partial charge in [0.2, 0.25) is 11.8 Å². The van der Waals surface area contributed by atoms with Gasteiger partial charge in [-0.15, -0.1) is 0 Å². The van der Waals surface area contributed by atoms with Crippen molar-refractivity contribution in [3.05, 3.63) is 0 Å². The van der Waals surface area contributed by atoms with Crippen LogP contribution in [0, 0.1) is 5.92 Å². The summed E-state index contributed by atoms with van der Waals surface area (Å²) < 4.78 is 4.81. The number of aliphatic hydroxyl groups excluding tert-OH is 1. The van der Waals surface area contributed by atoms with Crippen molar-refractivity contribution in [1.29, 1.82) is 0 Å². The lowest BCUT2D eigenvalue weighted by Gasteiger charge is -2.20. The Bertz CT molecular complexity index is 316. The normalized spacial score (nSPS) is 16.9. The summed E-state index contributed by atoms with van der Waals surface area (Å²) in [5.74, 6) is 0.107. The molecule has 0 aromatic heterocycles. The van der Waals surface area contributed by atoms with Crippen molar-refractivity contribution in [2.24, 2.45) is 5.92 Å². The molecule has 0 aliphatic heterocycles. The van der Waals surface area contributed by atoms with Crippen LogP contribution in [0.15, 0.2) is 0 Å². The van der Waals surface area contributed by atoms with Gasteiger partial charge < -0.3 is 20.1 Å². The second-order valence-corrected chi connectivity index (χ2v) is 5.41. The molecule has 0 spiro atoms. The molecule has 2 amide bonds. The highest BCUT2D eigenvalue weighted by molar-refractivity contribution is 5.80. The molecule has 1 aliphatic rings. The molecule has 20 heavy (non-hydrogen) atoms. The van der Waals surface area contributed by atoms with E-state index in [1.165, 1.54) is 12.0 Å². The molecule has 1 atom stereocenters. The molecular formula is C14H26N2O4. The van der Waals surface area contributed by atoms with Crippen molar-refractivity contribution in [1.82, 2.24) is 10.2 Å². The Kier molecular flexibility index (Phi) is 7.54. The van der Waals surface area contributed by atoms with E-state index in [0.29, 0.717) is 6.54 Å². The Morgan fingerprint density at radius 3 is 2.65 bits per heavy atom. The van der Waals surface area contributed by atoms with Gasteiger partial charge in [0.25, 0.3) is 0 Å². The summed E-state index contributed by atoms with van der Waals surface area (Å²) in [4.78, 5) is 25.0. The van der Waals surface area contributed by atoms with Crippen LogP contribution < -0.4 is 5.32 Å². The maximum absolute atomic E-state index is 11.8. The van der Waals surface area contributed by atoms with Crippen molar-refractivity contribution >= 4 is 11.8 Å². The Morgan fingerprint density at radius 1 is 1.40 bits per heavy atom. The number of hydrogen-bond donors (Lipinski definition) is 2. The zero-order valence-corrected chi connectivity index (χ0v) is 12.4. The molecule has 1 rings (SSSR count). The molecule has 6 nitrogen and oxygen atoms in total. The summed E-state index contributed by atoms with van der Waals surface area (Å²) in [7, 11) is 3.14. The first-order valence-electron chi connectivity index (χ1n) is 7.23. The quantitative estimate of drug-likeness (QED) is 0.666. The van der Waals surface area contributed by atoms with Crippen molar-refractivity contribution in [2.45, 2.75) is 38.2 Å². The number of carbonyl (C=O) groups is 2. The summed E-state index contributed by atoms with van der Waals surface area (Å²) in [6.07, 6.45) is 3.75. The lowest BCUT2D eigenvalue weighted by atomic mass is 10.1. The maximum atomic E-state index is 11.8. The van der Waals surface area contributed by atoms with E-state index in [-0.39, 0.29) is 37.3 Å². The standard InChI is InChI=1S/C14H26N2O4/c1-16(9-12(17)10-20-2)13(18)7-8-15-14(19)11-5-3-4-6-11/h11-12,17H,3-10H2,1-2H3,(H,15,19). The van der Waals surface area contributed by atoms with Gasteiger partial charge in [0.15, 0.2) is 0 Å². The number of likely N-dealkylation sites (N-methyl/N-ethyl adjacent to an activating group) is 1. The van der Waals surface area contributed by atoms with E-state index in [1.807, 2.05) is 0 Å². The van der Waals surface area contributed by atoms with Crippen LogP contribution in [-0.4, -0.2) is 61.8 Å². The number of nitrogens with zero attached hydrogens (tertiary/aromatic N) is 1. The lowest BCUT2D eigenvalue weighted by Crippen LogP contribution is -2.38. The maximum Gasteiger partial charge on any atom is 0.224 e. The minimum atomic E-state index is -0.679. The lowest BCUT2D eigenvalue weighted by molar-refractivity contribution is -0.131. The topological polar surface area (TPSA) is 78.9 Å². The molecular weight excluding hydrogens is 260 g/mol. The van der Waals surface area contributed by atoms with E-state index >= 15 is 0 Å². The highest BCUT2D eigenvalue weighted by Crippen LogP contribution is 2.24. The number of carbonyl (C=O) groups excluding carboxylic acids is 2. The zero-order chi connectivity index (χ0) is 15.0. The van der Waals surface area contributed by atoms with Crippen molar-refractivity contribution in [2.75, 3.05) is 33.9 Å². The Morgan fingerprint density at radius 2 is 2.05 bits per heavy atom. The molecule has 0 aromatic carbocycles. The third-order valence-electron chi connectivity index (χ3n) is 3.63. The molecule has 116 valence electrons. The fourth-order valence-corrected chi connectivity index (χ4v) is 2.48. The van der Waals surface area contributed by atoms with Crippen LogP contribution in [0.1, 0.15) is 32.1 Å². The number of rotatable bonds is 8. The second-order valence-electron chi connectivity index (χ2n) is 5.41. The number of nitrogens with one attached hydrogen (secondary N) is 1. The molecule has 1 saturated carbocycles. The largest absolute Gasteiger partial charge is 0.389 e. The summed E-state index contributed by atoms with van der Waals surface area (Å²) in [5, 5.41) is 12.4. The molecule has 0 bridgehead atoms. The van der Waals surface area contributed by atoms with E-state index in [0.717, 1.165) is 25.7 Å². The minimum Gasteiger partial charge on any atom is -0.389 e. The van der Waals surface area contributed by atoms with Gasteiger partial charge in [-0.2, -0.15) is 0 Å². The molecule has 0 saturated heterocycles. The predicted octanol–water partition coefficient (Wildman–Crippen LogP) is 0.149. The average molecular weight is 286 g/mol. The molecule has 0 aromatic rings.